The van der Waals surface area contributed by atoms with E-state index < -0.39 is 6.10 Å². The van der Waals surface area contributed by atoms with Gasteiger partial charge in [0, 0.05) is 31.7 Å². The number of hydrogen-bond acceptors (Lipinski definition) is 5. The molecule has 4 rings (SSSR count). The first-order valence-corrected chi connectivity index (χ1v) is 10.7. The molecule has 1 amide bonds. The molecule has 6 heteroatoms. The highest BCUT2D eigenvalue weighted by Gasteiger charge is 2.26. The highest BCUT2D eigenvalue weighted by atomic mass is 16.5. The monoisotopic (exact) mass is 416 g/mol. The van der Waals surface area contributed by atoms with E-state index in [1.165, 1.54) is 5.56 Å². The highest BCUT2D eigenvalue weighted by molar-refractivity contribution is 5.81. The van der Waals surface area contributed by atoms with Crippen LogP contribution in [0, 0.1) is 13.8 Å². The molecule has 0 saturated carbocycles. The molecule has 2 aromatic carbocycles. The predicted molar refractivity (Wildman–Crippen MR) is 122 cm³/mol. The number of nitrogens with zero attached hydrogens (tertiary/aromatic N) is 4. The van der Waals surface area contributed by atoms with E-state index >= 15 is 0 Å². The van der Waals surface area contributed by atoms with Crippen LogP contribution >= 0.6 is 0 Å². The molecule has 1 aromatic heterocycles. The maximum atomic E-state index is 12.8. The molecule has 1 atom stereocenters. The van der Waals surface area contributed by atoms with Crippen molar-refractivity contribution in [3.63, 3.8) is 0 Å². The fourth-order valence-electron chi connectivity index (χ4n) is 3.85. The third-order valence-electron chi connectivity index (χ3n) is 5.64. The first-order valence-electron chi connectivity index (χ1n) is 10.7. The molecule has 2 heterocycles. The van der Waals surface area contributed by atoms with E-state index in [0.29, 0.717) is 13.1 Å². The Labute approximate surface area is 183 Å². The van der Waals surface area contributed by atoms with E-state index in [0.717, 1.165) is 41.5 Å². The Morgan fingerprint density at radius 3 is 2.39 bits per heavy atom. The van der Waals surface area contributed by atoms with Gasteiger partial charge in [-0.25, -0.2) is 0 Å². The van der Waals surface area contributed by atoms with E-state index in [9.17, 15) is 4.79 Å². The number of anilines is 1. The van der Waals surface area contributed by atoms with Gasteiger partial charge in [-0.3, -0.25) is 4.79 Å². The van der Waals surface area contributed by atoms with Crippen LogP contribution in [0.3, 0.4) is 0 Å². The van der Waals surface area contributed by atoms with Crippen LogP contribution in [-0.4, -0.2) is 53.3 Å². The number of rotatable bonds is 5. The van der Waals surface area contributed by atoms with E-state index in [1.807, 2.05) is 67.3 Å². The van der Waals surface area contributed by atoms with Crippen LogP contribution in [-0.2, 0) is 4.79 Å². The number of aromatic nitrogens is 2. The van der Waals surface area contributed by atoms with Gasteiger partial charge >= 0.3 is 0 Å². The van der Waals surface area contributed by atoms with Crippen molar-refractivity contribution in [1.29, 1.82) is 0 Å². The third kappa shape index (κ3) is 4.85. The Bertz CT molecular complexity index is 1040. The maximum absolute atomic E-state index is 12.8. The van der Waals surface area contributed by atoms with E-state index in [4.69, 9.17) is 4.74 Å². The Balaban J connectivity index is 1.34. The zero-order valence-electron chi connectivity index (χ0n) is 18.3. The van der Waals surface area contributed by atoms with Gasteiger partial charge in [-0.2, -0.15) is 0 Å². The van der Waals surface area contributed by atoms with Gasteiger partial charge in [0.1, 0.15) is 5.75 Å². The summed E-state index contributed by atoms with van der Waals surface area (Å²) in [5, 5.41) is 8.87. The lowest BCUT2D eigenvalue weighted by Gasteiger charge is -2.36. The van der Waals surface area contributed by atoms with Crippen LogP contribution in [0.1, 0.15) is 18.1 Å². The first-order chi connectivity index (χ1) is 15.0. The van der Waals surface area contributed by atoms with Crippen molar-refractivity contribution in [3.8, 4) is 17.0 Å². The quantitative estimate of drug-likeness (QED) is 0.632. The second-order valence-electron chi connectivity index (χ2n) is 7.98. The second-order valence-corrected chi connectivity index (χ2v) is 7.98. The Hall–Kier alpha value is -3.41. The topological polar surface area (TPSA) is 58.6 Å². The number of aryl methyl sites for hydroxylation is 2. The van der Waals surface area contributed by atoms with Gasteiger partial charge in [0.15, 0.2) is 11.9 Å². The number of ether oxygens (including phenoxy) is 1. The maximum Gasteiger partial charge on any atom is 0.263 e. The molecule has 1 saturated heterocycles. The normalized spacial score (nSPS) is 14.9. The summed E-state index contributed by atoms with van der Waals surface area (Å²) in [6.45, 7) is 8.62. The van der Waals surface area contributed by atoms with Crippen LogP contribution in [0.5, 0.6) is 5.75 Å². The van der Waals surface area contributed by atoms with Crippen molar-refractivity contribution >= 4 is 11.7 Å². The van der Waals surface area contributed by atoms with Crippen molar-refractivity contribution in [2.75, 3.05) is 31.1 Å². The van der Waals surface area contributed by atoms with Gasteiger partial charge in [0.25, 0.3) is 5.91 Å². The molecule has 1 unspecified atom stereocenters. The zero-order valence-corrected chi connectivity index (χ0v) is 18.3. The van der Waals surface area contributed by atoms with Gasteiger partial charge in [-0.1, -0.05) is 36.4 Å². The summed E-state index contributed by atoms with van der Waals surface area (Å²) in [6.07, 6.45) is -0.512. The van der Waals surface area contributed by atoms with E-state index in [2.05, 4.69) is 34.2 Å². The SMILES string of the molecule is Cc1cccc(OC(C)C(=O)N2CCN(c3ccc(-c4ccccc4C)nn3)CC2)c1. The average Bonchev–Trinajstić information content (AvgIpc) is 2.79. The molecule has 3 aromatic rings. The molecule has 6 nitrogen and oxygen atoms in total. The van der Waals surface area contributed by atoms with Crippen LogP contribution < -0.4 is 9.64 Å². The van der Waals surface area contributed by atoms with Crippen molar-refractivity contribution in [2.45, 2.75) is 26.9 Å². The number of carbonyl (C=O) groups is 1. The molecule has 1 aliphatic heterocycles. The van der Waals surface area contributed by atoms with Crippen molar-refractivity contribution < 1.29 is 9.53 Å². The standard InChI is InChI=1S/C25H28N4O2/c1-18-7-6-9-21(17-18)31-20(3)25(30)29-15-13-28(14-16-29)24-12-11-23(26-27-24)22-10-5-4-8-19(22)2/h4-12,17,20H,13-16H2,1-3H3. The molecule has 1 fully saturated rings. The highest BCUT2D eigenvalue weighted by Crippen LogP contribution is 2.22. The Morgan fingerprint density at radius 2 is 1.71 bits per heavy atom. The molecule has 0 bridgehead atoms. The second kappa shape index (κ2) is 9.16. The van der Waals surface area contributed by atoms with Gasteiger partial charge in [0.05, 0.1) is 5.69 Å². The molecule has 0 N–H and O–H groups in total. The average molecular weight is 417 g/mol. The molecule has 160 valence electrons. The summed E-state index contributed by atoms with van der Waals surface area (Å²) in [5.41, 5.74) is 4.26. The van der Waals surface area contributed by atoms with Crippen LogP contribution in [0.4, 0.5) is 5.82 Å². The largest absolute Gasteiger partial charge is 0.481 e. The van der Waals surface area contributed by atoms with E-state index in [1.54, 1.807) is 0 Å². The third-order valence-corrected chi connectivity index (χ3v) is 5.64. The molecule has 1 aliphatic rings. The number of carbonyl (C=O) groups excluding carboxylic acids is 1. The van der Waals surface area contributed by atoms with Crippen LogP contribution in [0.25, 0.3) is 11.3 Å². The smallest absolute Gasteiger partial charge is 0.263 e. The molecule has 0 aliphatic carbocycles. The van der Waals surface area contributed by atoms with E-state index in [-0.39, 0.29) is 5.91 Å². The lowest BCUT2D eigenvalue weighted by molar-refractivity contribution is -0.138. The fourth-order valence-corrected chi connectivity index (χ4v) is 3.85. The first kappa shape index (κ1) is 20.8. The number of hydrogen-bond donors (Lipinski definition) is 0. The molecule has 0 spiro atoms. The summed E-state index contributed by atoms with van der Waals surface area (Å²) in [4.78, 5) is 16.9. The predicted octanol–water partition coefficient (Wildman–Crippen LogP) is 3.88. The lowest BCUT2D eigenvalue weighted by atomic mass is 10.1. The van der Waals surface area contributed by atoms with Crippen molar-refractivity contribution in [2.24, 2.45) is 0 Å². The fraction of sp³-hybridized carbons (Fsp3) is 0.320. The summed E-state index contributed by atoms with van der Waals surface area (Å²) < 4.78 is 5.86. The van der Waals surface area contributed by atoms with Crippen molar-refractivity contribution in [1.82, 2.24) is 15.1 Å². The van der Waals surface area contributed by atoms with Gasteiger partial charge in [-0.15, -0.1) is 10.2 Å². The Morgan fingerprint density at radius 1 is 0.935 bits per heavy atom. The minimum Gasteiger partial charge on any atom is -0.481 e. The summed E-state index contributed by atoms with van der Waals surface area (Å²) in [5.74, 6) is 1.58. The van der Waals surface area contributed by atoms with Gasteiger partial charge < -0.3 is 14.5 Å². The molecular formula is C25H28N4O2. The van der Waals surface area contributed by atoms with Crippen LogP contribution in [0.2, 0.25) is 0 Å². The summed E-state index contributed by atoms with van der Waals surface area (Å²) >= 11 is 0. The zero-order chi connectivity index (χ0) is 21.8. The summed E-state index contributed by atoms with van der Waals surface area (Å²) in [6, 6.07) is 20.0. The minimum atomic E-state index is -0.512. The van der Waals surface area contributed by atoms with Crippen molar-refractivity contribution in [3.05, 3.63) is 71.8 Å². The van der Waals surface area contributed by atoms with Gasteiger partial charge in [0.2, 0.25) is 0 Å². The molecule has 31 heavy (non-hydrogen) atoms. The molecular weight excluding hydrogens is 388 g/mol. The minimum absolute atomic E-state index is 0.0159. The van der Waals surface area contributed by atoms with Crippen LogP contribution in [0.15, 0.2) is 60.7 Å². The molecule has 0 radical (unpaired) electrons. The summed E-state index contributed by atoms with van der Waals surface area (Å²) in [7, 11) is 0. The van der Waals surface area contributed by atoms with Gasteiger partial charge in [-0.05, 0) is 56.2 Å². The Kier molecular flexibility index (Phi) is 6.16. The number of piperazine rings is 1. The number of benzene rings is 2. The number of amides is 1. The lowest BCUT2D eigenvalue weighted by Crippen LogP contribution is -2.52.